The quantitative estimate of drug-likeness (QED) is 0.565. The molecule has 0 aliphatic heterocycles. The molecule has 2 N–H and O–H groups in total. The van der Waals surface area contributed by atoms with Crippen LogP contribution in [0.5, 0.6) is 0 Å². The van der Waals surface area contributed by atoms with Crippen molar-refractivity contribution in [3.63, 3.8) is 0 Å². The number of anilines is 1. The zero-order chi connectivity index (χ0) is 18.1. The molecule has 6 nitrogen and oxygen atoms in total. The van der Waals surface area contributed by atoms with Crippen LogP contribution in [0.2, 0.25) is 0 Å². The Kier molecular flexibility index (Phi) is 4.20. The molecule has 26 heavy (non-hydrogen) atoms. The predicted molar refractivity (Wildman–Crippen MR) is 99.4 cm³/mol. The Labute approximate surface area is 149 Å². The minimum absolute atomic E-state index is 0.0340. The molecular formula is C19H19FN6. The number of nitrogens with zero attached hydrogens (tertiary/aromatic N) is 4. The van der Waals surface area contributed by atoms with Crippen LogP contribution in [-0.4, -0.2) is 24.9 Å². The van der Waals surface area contributed by atoms with E-state index in [4.69, 9.17) is 4.98 Å². The zero-order valence-electron chi connectivity index (χ0n) is 14.6. The Morgan fingerprint density at radius 2 is 2.08 bits per heavy atom. The summed E-state index contributed by atoms with van der Waals surface area (Å²) in [5.74, 6) is 0.402. The second kappa shape index (κ2) is 6.67. The number of aromatic amines is 1. The summed E-state index contributed by atoms with van der Waals surface area (Å²) in [7, 11) is 0. The number of H-pyrrole nitrogens is 1. The summed E-state index contributed by atoms with van der Waals surface area (Å²) in [6, 6.07) is 6.75. The smallest absolute Gasteiger partial charge is 0.162 e. The number of aryl methyl sites for hydroxylation is 1. The molecule has 0 aliphatic carbocycles. The first-order valence-electron chi connectivity index (χ1n) is 8.65. The first-order valence-corrected chi connectivity index (χ1v) is 8.65. The van der Waals surface area contributed by atoms with Crippen molar-refractivity contribution >= 4 is 27.9 Å². The van der Waals surface area contributed by atoms with Crippen molar-refractivity contribution < 1.29 is 4.39 Å². The van der Waals surface area contributed by atoms with Crippen molar-refractivity contribution in [2.45, 2.75) is 32.7 Å². The number of hydrogen-bond donors (Lipinski definition) is 2. The van der Waals surface area contributed by atoms with Gasteiger partial charge in [0.2, 0.25) is 0 Å². The molecule has 0 amide bonds. The minimum atomic E-state index is -0.270. The Morgan fingerprint density at radius 1 is 1.19 bits per heavy atom. The number of imidazole rings is 1. The third-order valence-corrected chi connectivity index (χ3v) is 4.42. The molecule has 7 heteroatoms. The van der Waals surface area contributed by atoms with Crippen molar-refractivity contribution in [2.24, 2.45) is 0 Å². The molecule has 0 unspecified atom stereocenters. The van der Waals surface area contributed by atoms with E-state index < -0.39 is 0 Å². The van der Waals surface area contributed by atoms with Crippen LogP contribution in [0.1, 0.15) is 37.6 Å². The second-order valence-electron chi connectivity index (χ2n) is 6.30. The van der Waals surface area contributed by atoms with E-state index in [1.807, 2.05) is 0 Å². The van der Waals surface area contributed by atoms with Gasteiger partial charge in [-0.05, 0) is 37.1 Å². The number of pyridine rings is 1. The molecule has 3 aromatic heterocycles. The molecule has 0 saturated heterocycles. The summed E-state index contributed by atoms with van der Waals surface area (Å²) in [6.45, 7) is 4.17. The second-order valence-corrected chi connectivity index (χ2v) is 6.30. The van der Waals surface area contributed by atoms with Crippen molar-refractivity contribution in [1.82, 2.24) is 24.9 Å². The van der Waals surface area contributed by atoms with Gasteiger partial charge in [0, 0.05) is 17.1 Å². The van der Waals surface area contributed by atoms with E-state index in [1.165, 1.54) is 18.5 Å². The third kappa shape index (κ3) is 2.96. The van der Waals surface area contributed by atoms with Gasteiger partial charge in [-0.15, -0.1) is 0 Å². The van der Waals surface area contributed by atoms with Crippen LogP contribution < -0.4 is 5.32 Å². The van der Waals surface area contributed by atoms with Crippen LogP contribution in [-0.2, 0) is 6.42 Å². The number of benzene rings is 1. The van der Waals surface area contributed by atoms with Crippen LogP contribution in [0.25, 0.3) is 22.1 Å². The summed E-state index contributed by atoms with van der Waals surface area (Å²) in [6.07, 6.45) is 4.90. The van der Waals surface area contributed by atoms with Crippen LogP contribution in [0, 0.1) is 5.82 Å². The molecular weight excluding hydrogens is 331 g/mol. The van der Waals surface area contributed by atoms with Gasteiger partial charge in [-0.3, -0.25) is 4.98 Å². The van der Waals surface area contributed by atoms with E-state index in [0.717, 1.165) is 29.5 Å². The van der Waals surface area contributed by atoms with Crippen molar-refractivity contribution in [1.29, 1.82) is 0 Å². The van der Waals surface area contributed by atoms with Gasteiger partial charge >= 0.3 is 0 Å². The van der Waals surface area contributed by atoms with Gasteiger partial charge in [-0.1, -0.05) is 13.3 Å². The van der Waals surface area contributed by atoms with E-state index in [9.17, 15) is 4.39 Å². The molecule has 3 heterocycles. The molecule has 4 aromatic rings. The highest BCUT2D eigenvalue weighted by molar-refractivity contribution is 5.83. The average molecular weight is 350 g/mol. The van der Waals surface area contributed by atoms with Gasteiger partial charge < -0.3 is 10.3 Å². The molecule has 4 rings (SSSR count). The summed E-state index contributed by atoms with van der Waals surface area (Å²) in [5.41, 5.74) is 4.12. The fourth-order valence-electron chi connectivity index (χ4n) is 3.16. The monoisotopic (exact) mass is 350 g/mol. The maximum absolute atomic E-state index is 13.5. The Hall–Kier alpha value is -3.09. The van der Waals surface area contributed by atoms with Crippen LogP contribution in [0.4, 0.5) is 10.2 Å². The topological polar surface area (TPSA) is 79.4 Å². The van der Waals surface area contributed by atoms with Crippen molar-refractivity contribution in [2.75, 3.05) is 5.32 Å². The van der Waals surface area contributed by atoms with Crippen LogP contribution >= 0.6 is 0 Å². The van der Waals surface area contributed by atoms with E-state index in [1.54, 1.807) is 12.4 Å². The maximum atomic E-state index is 13.5. The van der Waals surface area contributed by atoms with Crippen molar-refractivity contribution in [3.8, 4) is 0 Å². The summed E-state index contributed by atoms with van der Waals surface area (Å²) in [4.78, 5) is 20.5. The maximum Gasteiger partial charge on any atom is 0.162 e. The molecule has 0 aliphatic rings. The van der Waals surface area contributed by atoms with Crippen LogP contribution in [0.15, 0.2) is 36.9 Å². The lowest BCUT2D eigenvalue weighted by Crippen LogP contribution is -2.12. The highest BCUT2D eigenvalue weighted by Crippen LogP contribution is 2.27. The van der Waals surface area contributed by atoms with Gasteiger partial charge in [0.15, 0.2) is 11.5 Å². The average Bonchev–Trinajstić information content (AvgIpc) is 3.11. The molecule has 0 saturated carbocycles. The number of rotatable bonds is 5. The molecule has 0 radical (unpaired) electrons. The van der Waals surface area contributed by atoms with E-state index >= 15 is 0 Å². The highest BCUT2D eigenvalue weighted by Gasteiger charge is 2.16. The molecule has 0 fully saturated rings. The summed E-state index contributed by atoms with van der Waals surface area (Å²) in [5, 5.41) is 4.33. The van der Waals surface area contributed by atoms with Crippen LogP contribution in [0.3, 0.4) is 0 Å². The number of aromatic nitrogens is 5. The fourth-order valence-corrected chi connectivity index (χ4v) is 3.16. The lowest BCUT2D eigenvalue weighted by atomic mass is 10.0. The number of fused-ring (bicyclic) bond motifs is 2. The Bertz CT molecular complexity index is 1070. The van der Waals surface area contributed by atoms with E-state index in [0.29, 0.717) is 22.5 Å². The van der Waals surface area contributed by atoms with Crippen molar-refractivity contribution in [3.05, 3.63) is 54.0 Å². The summed E-state index contributed by atoms with van der Waals surface area (Å²) < 4.78 is 13.5. The van der Waals surface area contributed by atoms with Gasteiger partial charge in [0.25, 0.3) is 0 Å². The molecule has 0 bridgehead atoms. The first-order chi connectivity index (χ1) is 12.7. The molecule has 1 atom stereocenters. The van der Waals surface area contributed by atoms with Gasteiger partial charge in [0.1, 0.15) is 17.7 Å². The Balaban J connectivity index is 1.75. The number of hydrogen-bond acceptors (Lipinski definition) is 5. The standard InChI is InChI=1S/C19H19FN6/c1-3-4-15-14(7-12-5-6-13(20)8-16(12)26-15)11(2)25-19-17-18(22-9-21-17)23-10-24-19/h5-11H,3-4H2,1-2H3,(H2,21,22,23,24,25)/t11-/m0/s1. The number of halogens is 1. The SMILES string of the molecule is CCCc1nc2cc(F)ccc2cc1[C@H](C)Nc1ncnc2[nH]cnc12. The normalized spacial score (nSPS) is 12.6. The molecule has 1 aromatic carbocycles. The van der Waals surface area contributed by atoms with Gasteiger partial charge in [0.05, 0.1) is 17.9 Å². The van der Waals surface area contributed by atoms with E-state index in [-0.39, 0.29) is 11.9 Å². The zero-order valence-corrected chi connectivity index (χ0v) is 14.6. The third-order valence-electron chi connectivity index (χ3n) is 4.42. The molecule has 132 valence electrons. The van der Waals surface area contributed by atoms with Gasteiger partial charge in [-0.2, -0.15) is 0 Å². The van der Waals surface area contributed by atoms with Gasteiger partial charge in [-0.25, -0.2) is 19.3 Å². The van der Waals surface area contributed by atoms with E-state index in [2.05, 4.69) is 45.2 Å². The molecule has 0 spiro atoms. The summed E-state index contributed by atoms with van der Waals surface area (Å²) >= 11 is 0. The first kappa shape index (κ1) is 16.4. The lowest BCUT2D eigenvalue weighted by molar-refractivity contribution is 0.629. The predicted octanol–water partition coefficient (Wildman–Crippen LogP) is 4.17. The Morgan fingerprint density at radius 3 is 2.92 bits per heavy atom. The number of nitrogens with one attached hydrogen (secondary N) is 2. The minimum Gasteiger partial charge on any atom is -0.362 e. The highest BCUT2D eigenvalue weighted by atomic mass is 19.1. The lowest BCUT2D eigenvalue weighted by Gasteiger charge is -2.19. The largest absolute Gasteiger partial charge is 0.362 e. The fraction of sp³-hybridized carbons (Fsp3) is 0.263.